The highest BCUT2D eigenvalue weighted by atomic mass is 16.3. The molecule has 0 saturated heterocycles. The van der Waals surface area contributed by atoms with Crippen LogP contribution >= 0.6 is 0 Å². The van der Waals surface area contributed by atoms with Crippen molar-refractivity contribution >= 4 is 17.3 Å². The van der Waals surface area contributed by atoms with Gasteiger partial charge in [0.25, 0.3) is 0 Å². The van der Waals surface area contributed by atoms with Crippen molar-refractivity contribution in [2.24, 2.45) is 29.6 Å². The molecule has 0 spiro atoms. The fourth-order valence-electron chi connectivity index (χ4n) is 4.26. The van der Waals surface area contributed by atoms with Crippen molar-refractivity contribution in [3.8, 4) is 0 Å². The molecule has 0 radical (unpaired) electrons. The predicted octanol–water partition coefficient (Wildman–Crippen LogP) is 2.65. The molecule has 3 aliphatic rings. The lowest BCUT2D eigenvalue weighted by molar-refractivity contribution is -0.137. The minimum atomic E-state index is -0.462. The Morgan fingerprint density at radius 1 is 1.25 bits per heavy atom. The van der Waals surface area contributed by atoms with Crippen molar-refractivity contribution in [2.75, 3.05) is 0 Å². The highest BCUT2D eigenvalue weighted by Crippen LogP contribution is 2.43. The molecule has 2 unspecified atom stereocenters. The van der Waals surface area contributed by atoms with Gasteiger partial charge in [-0.25, -0.2) is 0 Å². The van der Waals surface area contributed by atoms with E-state index in [9.17, 15) is 19.5 Å². The smallest absolute Gasteiger partial charge is 0.204 e. The number of ketones is 3. The van der Waals surface area contributed by atoms with Crippen LogP contribution < -0.4 is 0 Å². The van der Waals surface area contributed by atoms with E-state index in [1.165, 1.54) is 13.0 Å². The molecule has 0 bridgehead atoms. The minimum absolute atomic E-state index is 0.00722. The van der Waals surface area contributed by atoms with Crippen LogP contribution in [0.15, 0.2) is 24.3 Å². The van der Waals surface area contributed by atoms with Gasteiger partial charge in [0, 0.05) is 18.8 Å². The van der Waals surface area contributed by atoms with Crippen LogP contribution in [0.5, 0.6) is 0 Å². The third-order valence-electron chi connectivity index (χ3n) is 5.76. The maximum absolute atomic E-state index is 12.6. The van der Waals surface area contributed by atoms with Crippen LogP contribution in [0.3, 0.4) is 0 Å². The number of aliphatic hydroxyl groups is 1. The van der Waals surface area contributed by atoms with Gasteiger partial charge >= 0.3 is 0 Å². The topological polar surface area (TPSA) is 71.4 Å². The van der Waals surface area contributed by atoms with E-state index in [1.807, 2.05) is 12.2 Å². The molecule has 4 nitrogen and oxygen atoms in total. The normalized spacial score (nSPS) is 33.4. The van der Waals surface area contributed by atoms with Crippen LogP contribution in [-0.4, -0.2) is 28.6 Å². The number of hydrogen-bond acceptors (Lipinski definition) is 4. The molecule has 0 aromatic heterocycles. The molecule has 3 aliphatic carbocycles. The Bertz CT molecular complexity index is 584. The quantitative estimate of drug-likeness (QED) is 0.442. The first-order chi connectivity index (χ1) is 11.5. The molecule has 3 rings (SSSR count). The van der Waals surface area contributed by atoms with Gasteiger partial charge in [-0.3, -0.25) is 14.4 Å². The molecule has 24 heavy (non-hydrogen) atoms. The number of carbonyl (C=O) groups excluding carboxylic acids is 3. The summed E-state index contributed by atoms with van der Waals surface area (Å²) in [7, 11) is 0. The Morgan fingerprint density at radius 3 is 2.67 bits per heavy atom. The number of fused-ring (bicyclic) bond motifs is 1. The first-order valence-electron chi connectivity index (χ1n) is 9.07. The number of aliphatic hydroxyl groups excluding tert-OH is 1. The second-order valence-corrected chi connectivity index (χ2v) is 7.71. The molecule has 4 heteroatoms. The molecule has 5 atom stereocenters. The van der Waals surface area contributed by atoms with Crippen molar-refractivity contribution in [2.45, 2.75) is 51.6 Å². The van der Waals surface area contributed by atoms with E-state index in [0.29, 0.717) is 24.7 Å². The van der Waals surface area contributed by atoms with Gasteiger partial charge in [0.05, 0.1) is 6.10 Å². The zero-order valence-electron chi connectivity index (χ0n) is 14.2. The van der Waals surface area contributed by atoms with Crippen molar-refractivity contribution in [3.63, 3.8) is 0 Å². The third kappa shape index (κ3) is 3.92. The van der Waals surface area contributed by atoms with E-state index in [2.05, 4.69) is 0 Å². The Labute approximate surface area is 143 Å². The molecule has 0 aromatic rings. The van der Waals surface area contributed by atoms with Crippen LogP contribution in [0.4, 0.5) is 0 Å². The largest absolute Gasteiger partial charge is 0.393 e. The van der Waals surface area contributed by atoms with Crippen LogP contribution in [0.2, 0.25) is 0 Å². The van der Waals surface area contributed by atoms with Gasteiger partial charge in [-0.15, -0.1) is 0 Å². The number of allylic oxidation sites excluding steroid dienone is 4. The summed E-state index contributed by atoms with van der Waals surface area (Å²) in [4.78, 5) is 36.1. The second kappa shape index (κ2) is 7.14. The first-order valence-corrected chi connectivity index (χ1v) is 9.07. The lowest BCUT2D eigenvalue weighted by Gasteiger charge is -2.27. The van der Waals surface area contributed by atoms with Gasteiger partial charge in [-0.05, 0) is 49.5 Å². The summed E-state index contributed by atoms with van der Waals surface area (Å²) in [6.07, 6.45) is 12.1. The van der Waals surface area contributed by atoms with Gasteiger partial charge < -0.3 is 5.11 Å². The summed E-state index contributed by atoms with van der Waals surface area (Å²) in [6, 6.07) is 0. The van der Waals surface area contributed by atoms with Gasteiger partial charge in [-0.2, -0.15) is 0 Å². The fourth-order valence-corrected chi connectivity index (χ4v) is 4.26. The fraction of sp³-hybridized carbons (Fsp3) is 0.650. The van der Waals surface area contributed by atoms with E-state index in [4.69, 9.17) is 0 Å². The zero-order valence-corrected chi connectivity index (χ0v) is 14.2. The lowest BCUT2D eigenvalue weighted by atomic mass is 9.76. The number of rotatable bonds is 7. The molecule has 0 heterocycles. The predicted molar refractivity (Wildman–Crippen MR) is 90.1 cm³/mol. The SMILES string of the molecule is CC(=O)C(=O)C(/C=C/C(=O)[C@H]1C=CC[C@@H]2CC(O)C[C@@H]21)CC1CC1. The van der Waals surface area contributed by atoms with Gasteiger partial charge in [-0.1, -0.05) is 31.1 Å². The molecular formula is C20H26O4. The average molecular weight is 330 g/mol. The number of Topliss-reactive ketones (excluding diaryl/α,β-unsaturated/α-hetero) is 2. The summed E-state index contributed by atoms with van der Waals surface area (Å²) in [5.41, 5.74) is 0. The van der Waals surface area contributed by atoms with Gasteiger partial charge in [0.1, 0.15) is 0 Å². The summed E-state index contributed by atoms with van der Waals surface area (Å²) in [6.45, 7) is 1.30. The second-order valence-electron chi connectivity index (χ2n) is 7.71. The standard InChI is InChI=1S/C20H26O4/c1-12(21)20(24)15(9-13-5-6-13)7-8-19(23)17-4-2-3-14-10-16(22)11-18(14)17/h2,4,7-8,13-18,22H,3,5-6,9-11H2,1H3/b8-7+/t14-,15?,16?,17+,18+/m1/s1. The zero-order chi connectivity index (χ0) is 17.3. The van der Waals surface area contributed by atoms with E-state index < -0.39 is 11.7 Å². The lowest BCUT2D eigenvalue weighted by Crippen LogP contribution is -2.27. The molecule has 130 valence electrons. The maximum Gasteiger partial charge on any atom is 0.204 e. The Morgan fingerprint density at radius 2 is 2.00 bits per heavy atom. The van der Waals surface area contributed by atoms with Crippen molar-refractivity contribution in [1.82, 2.24) is 0 Å². The minimum Gasteiger partial charge on any atom is -0.393 e. The highest BCUT2D eigenvalue weighted by Gasteiger charge is 2.40. The van der Waals surface area contributed by atoms with Gasteiger partial charge in [0.15, 0.2) is 11.6 Å². The number of hydrogen-bond donors (Lipinski definition) is 1. The average Bonchev–Trinajstić information content (AvgIpc) is 3.28. The van der Waals surface area contributed by atoms with E-state index in [1.54, 1.807) is 6.08 Å². The molecule has 2 saturated carbocycles. The molecule has 0 amide bonds. The summed E-state index contributed by atoms with van der Waals surface area (Å²) >= 11 is 0. The van der Waals surface area contributed by atoms with E-state index >= 15 is 0 Å². The van der Waals surface area contributed by atoms with Crippen molar-refractivity contribution in [3.05, 3.63) is 24.3 Å². The maximum atomic E-state index is 12.6. The Kier molecular flexibility index (Phi) is 5.14. The summed E-state index contributed by atoms with van der Waals surface area (Å²) < 4.78 is 0. The van der Waals surface area contributed by atoms with Gasteiger partial charge in [0.2, 0.25) is 5.78 Å². The molecular weight excluding hydrogens is 304 g/mol. The highest BCUT2D eigenvalue weighted by molar-refractivity contribution is 6.37. The Hall–Kier alpha value is -1.55. The van der Waals surface area contributed by atoms with Crippen molar-refractivity contribution in [1.29, 1.82) is 0 Å². The molecule has 2 fully saturated rings. The molecule has 0 aromatic carbocycles. The van der Waals surface area contributed by atoms with Crippen LogP contribution in [0.25, 0.3) is 0 Å². The van der Waals surface area contributed by atoms with Crippen LogP contribution in [0, 0.1) is 29.6 Å². The summed E-state index contributed by atoms with van der Waals surface area (Å²) in [5, 5.41) is 9.88. The summed E-state index contributed by atoms with van der Waals surface area (Å²) in [5.74, 6) is -0.397. The van der Waals surface area contributed by atoms with E-state index in [0.717, 1.165) is 25.7 Å². The van der Waals surface area contributed by atoms with Crippen molar-refractivity contribution < 1.29 is 19.5 Å². The third-order valence-corrected chi connectivity index (χ3v) is 5.76. The molecule has 1 N–H and O–H groups in total. The van der Waals surface area contributed by atoms with Crippen LogP contribution in [-0.2, 0) is 14.4 Å². The number of carbonyl (C=O) groups is 3. The monoisotopic (exact) mass is 330 g/mol. The van der Waals surface area contributed by atoms with Crippen LogP contribution in [0.1, 0.15) is 45.4 Å². The van der Waals surface area contributed by atoms with E-state index in [-0.39, 0.29) is 29.5 Å². The molecule has 0 aliphatic heterocycles. The Balaban J connectivity index is 1.68. The first kappa shape index (κ1) is 17.3.